The third kappa shape index (κ3) is 2.35. The van der Waals surface area contributed by atoms with Gasteiger partial charge in [0.15, 0.2) is 0 Å². The minimum atomic E-state index is -1.06. The van der Waals surface area contributed by atoms with Crippen LogP contribution in [0.3, 0.4) is 0 Å². The second-order valence-electron chi connectivity index (χ2n) is 3.05. The maximum absolute atomic E-state index is 10.7. The van der Waals surface area contributed by atoms with Gasteiger partial charge < -0.3 is 15.2 Å². The van der Waals surface area contributed by atoms with Crippen molar-refractivity contribution in [1.29, 1.82) is 0 Å². The van der Waals surface area contributed by atoms with Gasteiger partial charge in [0.05, 0.1) is 0 Å². The van der Waals surface area contributed by atoms with Crippen LogP contribution in [0.1, 0.15) is 28.2 Å². The summed E-state index contributed by atoms with van der Waals surface area (Å²) in [4.78, 5) is 23.7. The topological polar surface area (TPSA) is 90.4 Å². The number of aromatic amines is 1. The van der Waals surface area contributed by atoms with Crippen molar-refractivity contribution in [2.45, 2.75) is 19.8 Å². The van der Waals surface area contributed by atoms with E-state index in [1.54, 1.807) is 13.0 Å². The molecular formula is C9H11NO4. The first kappa shape index (κ1) is 10.3. The Morgan fingerprint density at radius 2 is 2.07 bits per heavy atom. The highest BCUT2D eigenvalue weighted by Gasteiger charge is 2.13. The van der Waals surface area contributed by atoms with E-state index in [0.29, 0.717) is 5.56 Å². The van der Waals surface area contributed by atoms with E-state index in [1.165, 1.54) is 0 Å². The third-order valence-corrected chi connectivity index (χ3v) is 1.86. The summed E-state index contributed by atoms with van der Waals surface area (Å²) in [7, 11) is 0. The number of aromatic carboxylic acids is 1. The SMILES string of the molecule is Cc1cc(CCC(=O)O)c(C(=O)O)[nH]1. The van der Waals surface area contributed by atoms with Crippen molar-refractivity contribution < 1.29 is 19.8 Å². The summed E-state index contributed by atoms with van der Waals surface area (Å²) in [5.74, 6) is -1.99. The Bertz CT molecular complexity index is 367. The number of carboxylic acids is 2. The maximum Gasteiger partial charge on any atom is 0.352 e. The van der Waals surface area contributed by atoms with Gasteiger partial charge in [-0.15, -0.1) is 0 Å². The summed E-state index contributed by atoms with van der Waals surface area (Å²) >= 11 is 0. The van der Waals surface area contributed by atoms with Crippen LogP contribution in [0, 0.1) is 6.92 Å². The number of H-pyrrole nitrogens is 1. The molecule has 0 spiro atoms. The number of rotatable bonds is 4. The number of hydrogen-bond donors (Lipinski definition) is 3. The molecule has 0 aliphatic carbocycles. The molecule has 1 rings (SSSR count). The molecule has 0 bridgehead atoms. The van der Waals surface area contributed by atoms with Gasteiger partial charge in [-0.1, -0.05) is 0 Å². The highest BCUT2D eigenvalue weighted by molar-refractivity contribution is 5.87. The van der Waals surface area contributed by atoms with E-state index >= 15 is 0 Å². The molecule has 5 nitrogen and oxygen atoms in total. The molecule has 0 saturated heterocycles. The van der Waals surface area contributed by atoms with Gasteiger partial charge >= 0.3 is 11.9 Å². The molecule has 76 valence electrons. The lowest BCUT2D eigenvalue weighted by molar-refractivity contribution is -0.136. The fraction of sp³-hybridized carbons (Fsp3) is 0.333. The fourth-order valence-electron chi connectivity index (χ4n) is 1.28. The molecule has 0 aromatic carbocycles. The van der Waals surface area contributed by atoms with Gasteiger partial charge in [-0.25, -0.2) is 4.79 Å². The smallest absolute Gasteiger partial charge is 0.352 e. The lowest BCUT2D eigenvalue weighted by Crippen LogP contribution is -2.03. The summed E-state index contributed by atoms with van der Waals surface area (Å²) < 4.78 is 0. The number of carbonyl (C=O) groups is 2. The molecule has 3 N–H and O–H groups in total. The average Bonchev–Trinajstić information content (AvgIpc) is 2.43. The van der Waals surface area contributed by atoms with Gasteiger partial charge in [-0.2, -0.15) is 0 Å². The highest BCUT2D eigenvalue weighted by atomic mass is 16.4. The van der Waals surface area contributed by atoms with Crippen LogP contribution >= 0.6 is 0 Å². The van der Waals surface area contributed by atoms with Crippen LogP contribution in [0.4, 0.5) is 0 Å². The van der Waals surface area contributed by atoms with Gasteiger partial charge in [-0.05, 0) is 25.0 Å². The Labute approximate surface area is 80.4 Å². The first-order chi connectivity index (χ1) is 6.50. The predicted molar refractivity (Wildman–Crippen MR) is 48.4 cm³/mol. The Morgan fingerprint density at radius 3 is 2.57 bits per heavy atom. The molecular weight excluding hydrogens is 186 g/mol. The molecule has 1 aromatic rings. The van der Waals surface area contributed by atoms with E-state index in [0.717, 1.165) is 5.69 Å². The molecule has 14 heavy (non-hydrogen) atoms. The standard InChI is InChI=1S/C9H11NO4/c1-5-4-6(2-3-7(11)12)8(10-5)9(13)14/h4,10H,2-3H2,1H3,(H,11,12)(H,13,14). The predicted octanol–water partition coefficient (Wildman–Crippen LogP) is 1.04. The number of carboxylic acid groups (broad SMARTS) is 2. The Balaban J connectivity index is 2.84. The minimum absolute atomic E-state index is 0.0580. The van der Waals surface area contributed by atoms with Crippen molar-refractivity contribution >= 4 is 11.9 Å². The van der Waals surface area contributed by atoms with Crippen molar-refractivity contribution in [2.24, 2.45) is 0 Å². The highest BCUT2D eigenvalue weighted by Crippen LogP contribution is 2.12. The molecule has 0 radical (unpaired) electrons. The minimum Gasteiger partial charge on any atom is -0.481 e. The third-order valence-electron chi connectivity index (χ3n) is 1.86. The van der Waals surface area contributed by atoms with E-state index in [9.17, 15) is 9.59 Å². The van der Waals surface area contributed by atoms with Crippen LogP contribution in [0.25, 0.3) is 0 Å². The van der Waals surface area contributed by atoms with Gasteiger partial charge in [0.25, 0.3) is 0 Å². The van der Waals surface area contributed by atoms with E-state index in [1.807, 2.05) is 0 Å². The summed E-state index contributed by atoms with van der Waals surface area (Å²) in [6.07, 6.45) is 0.179. The number of aliphatic carboxylic acids is 1. The monoisotopic (exact) mass is 197 g/mol. The largest absolute Gasteiger partial charge is 0.481 e. The van der Waals surface area contributed by atoms with E-state index in [4.69, 9.17) is 10.2 Å². The lowest BCUT2D eigenvalue weighted by atomic mass is 10.1. The van der Waals surface area contributed by atoms with Crippen LogP contribution in [-0.4, -0.2) is 27.1 Å². The molecule has 0 fully saturated rings. The molecule has 0 aliphatic rings. The summed E-state index contributed by atoms with van der Waals surface area (Å²) in [5, 5.41) is 17.2. The van der Waals surface area contributed by atoms with Crippen LogP contribution in [-0.2, 0) is 11.2 Å². The average molecular weight is 197 g/mol. The molecule has 1 aromatic heterocycles. The maximum atomic E-state index is 10.7. The second-order valence-corrected chi connectivity index (χ2v) is 3.05. The second kappa shape index (κ2) is 3.95. The fourth-order valence-corrected chi connectivity index (χ4v) is 1.28. The van der Waals surface area contributed by atoms with E-state index < -0.39 is 11.9 Å². The first-order valence-corrected chi connectivity index (χ1v) is 4.14. The first-order valence-electron chi connectivity index (χ1n) is 4.14. The summed E-state index contributed by atoms with van der Waals surface area (Å²) in [6, 6.07) is 1.66. The van der Waals surface area contributed by atoms with Crippen molar-refractivity contribution in [3.05, 3.63) is 23.0 Å². The molecule has 1 heterocycles. The van der Waals surface area contributed by atoms with Gasteiger partial charge in [0, 0.05) is 12.1 Å². The zero-order valence-electron chi connectivity index (χ0n) is 7.70. The van der Waals surface area contributed by atoms with Crippen LogP contribution in [0.2, 0.25) is 0 Å². The quantitative estimate of drug-likeness (QED) is 0.672. The van der Waals surface area contributed by atoms with Crippen LogP contribution in [0.15, 0.2) is 6.07 Å². The Hall–Kier alpha value is -1.78. The van der Waals surface area contributed by atoms with Gasteiger partial charge in [0.1, 0.15) is 5.69 Å². The van der Waals surface area contributed by atoms with Crippen LogP contribution < -0.4 is 0 Å². The normalized spacial score (nSPS) is 10.1. The van der Waals surface area contributed by atoms with E-state index in [2.05, 4.69) is 4.98 Å². The zero-order valence-corrected chi connectivity index (χ0v) is 7.70. The molecule has 0 aliphatic heterocycles. The number of aromatic nitrogens is 1. The molecule has 0 saturated carbocycles. The summed E-state index contributed by atoms with van der Waals surface area (Å²) in [5.41, 5.74) is 1.35. The van der Waals surface area contributed by atoms with Crippen molar-refractivity contribution in [3.63, 3.8) is 0 Å². The lowest BCUT2D eigenvalue weighted by Gasteiger charge is -1.96. The number of aryl methyl sites for hydroxylation is 2. The van der Waals surface area contributed by atoms with Gasteiger partial charge in [-0.3, -0.25) is 4.79 Å². The van der Waals surface area contributed by atoms with Crippen molar-refractivity contribution in [2.75, 3.05) is 0 Å². The molecule has 0 atom stereocenters. The van der Waals surface area contributed by atoms with Crippen molar-refractivity contribution in [1.82, 2.24) is 4.98 Å². The zero-order chi connectivity index (χ0) is 10.7. The van der Waals surface area contributed by atoms with Crippen molar-refractivity contribution in [3.8, 4) is 0 Å². The van der Waals surface area contributed by atoms with Gasteiger partial charge in [0.2, 0.25) is 0 Å². The molecule has 0 amide bonds. The molecule has 0 unspecified atom stereocenters. The number of hydrogen-bond acceptors (Lipinski definition) is 2. The Morgan fingerprint density at radius 1 is 1.43 bits per heavy atom. The number of nitrogens with one attached hydrogen (secondary N) is 1. The van der Waals surface area contributed by atoms with E-state index in [-0.39, 0.29) is 18.5 Å². The Kier molecular flexibility index (Phi) is 2.91. The molecule has 5 heteroatoms. The van der Waals surface area contributed by atoms with Crippen LogP contribution in [0.5, 0.6) is 0 Å². The summed E-state index contributed by atoms with van der Waals surface area (Å²) in [6.45, 7) is 1.73.